The molecule has 0 bridgehead atoms. The molecule has 1 aliphatic heterocycles. The van der Waals surface area contributed by atoms with Gasteiger partial charge in [-0.3, -0.25) is 14.6 Å². The van der Waals surface area contributed by atoms with E-state index in [9.17, 15) is 18.0 Å². The van der Waals surface area contributed by atoms with Gasteiger partial charge in [-0.25, -0.2) is 4.98 Å². The molecule has 0 fully saturated rings. The topological polar surface area (TPSA) is 115 Å². The van der Waals surface area contributed by atoms with Crippen molar-refractivity contribution in [1.29, 1.82) is 0 Å². The molecule has 0 radical (unpaired) electrons. The zero-order valence-electron chi connectivity index (χ0n) is 18.5. The van der Waals surface area contributed by atoms with Crippen LogP contribution in [-0.2, 0) is 10.3 Å². The van der Waals surface area contributed by atoms with Gasteiger partial charge in [0.25, 0.3) is 12.4 Å². The summed E-state index contributed by atoms with van der Waals surface area (Å²) < 4.78 is 49.2. The lowest BCUT2D eigenvalue weighted by Gasteiger charge is -2.38. The number of amides is 1. The third-order valence-electron chi connectivity index (χ3n) is 5.41. The summed E-state index contributed by atoms with van der Waals surface area (Å²) in [5, 5.41) is 9.92. The average molecular weight is 500 g/mol. The van der Waals surface area contributed by atoms with Crippen molar-refractivity contribution >= 4 is 18.0 Å². The van der Waals surface area contributed by atoms with Gasteiger partial charge in [-0.15, -0.1) is 13.2 Å². The molecule has 0 spiro atoms. The number of rotatable bonds is 4. The van der Waals surface area contributed by atoms with Crippen LogP contribution in [0.1, 0.15) is 28.2 Å². The second-order valence-electron chi connectivity index (χ2n) is 7.58. The Kier molecular flexibility index (Phi) is 6.77. The minimum Gasteiger partial charge on any atom is -0.491 e. The Hall–Kier alpha value is -4.61. The van der Waals surface area contributed by atoms with E-state index >= 15 is 0 Å². The van der Waals surface area contributed by atoms with E-state index in [0.717, 1.165) is 0 Å². The number of aromatic nitrogens is 3. The third kappa shape index (κ3) is 5.06. The van der Waals surface area contributed by atoms with Crippen molar-refractivity contribution in [2.24, 2.45) is 0 Å². The van der Waals surface area contributed by atoms with Crippen molar-refractivity contribution in [2.45, 2.75) is 18.3 Å². The number of carbonyl (C=O) groups is 2. The van der Waals surface area contributed by atoms with Crippen LogP contribution in [0.5, 0.6) is 11.5 Å². The van der Waals surface area contributed by atoms with E-state index < -0.39 is 17.8 Å². The van der Waals surface area contributed by atoms with Gasteiger partial charge in [-0.2, -0.15) is 0 Å². The van der Waals surface area contributed by atoms with Crippen molar-refractivity contribution in [3.63, 3.8) is 0 Å². The van der Waals surface area contributed by atoms with Gasteiger partial charge >= 0.3 is 6.36 Å². The lowest BCUT2D eigenvalue weighted by atomic mass is 9.81. The molecule has 1 unspecified atom stereocenters. The van der Waals surface area contributed by atoms with Gasteiger partial charge in [0.05, 0.1) is 6.61 Å². The molecular formula is C24H19F3N4O5. The van der Waals surface area contributed by atoms with Crippen LogP contribution < -0.4 is 14.8 Å². The van der Waals surface area contributed by atoms with Gasteiger partial charge in [-0.1, -0.05) is 18.2 Å². The number of benzene rings is 1. The minimum atomic E-state index is -4.80. The number of nitrogens with zero attached hydrogens (tertiary/aromatic N) is 3. The van der Waals surface area contributed by atoms with Gasteiger partial charge in [0, 0.05) is 25.0 Å². The zero-order valence-corrected chi connectivity index (χ0v) is 18.5. The predicted octanol–water partition coefficient (Wildman–Crippen LogP) is 3.78. The van der Waals surface area contributed by atoms with Crippen molar-refractivity contribution in [2.75, 3.05) is 6.61 Å². The number of hydrogen-bond acceptors (Lipinski definition) is 6. The second kappa shape index (κ2) is 9.94. The van der Waals surface area contributed by atoms with Crippen molar-refractivity contribution < 1.29 is 37.3 Å². The molecule has 1 amide bonds. The molecule has 1 aromatic carbocycles. The maximum Gasteiger partial charge on any atom is 0.573 e. The Morgan fingerprint density at radius 1 is 1.17 bits per heavy atom. The summed E-state index contributed by atoms with van der Waals surface area (Å²) in [7, 11) is 0. The Morgan fingerprint density at radius 3 is 2.61 bits per heavy atom. The number of hydrogen-bond donors (Lipinski definition) is 2. The zero-order chi connectivity index (χ0) is 25.8. The summed E-state index contributed by atoms with van der Waals surface area (Å²) in [5.41, 5.74) is 0.658. The normalized spacial score (nSPS) is 16.6. The maximum absolute atomic E-state index is 13.3. The van der Waals surface area contributed by atoms with Crippen molar-refractivity contribution in [3.8, 4) is 11.5 Å². The molecule has 1 atom stereocenters. The highest BCUT2D eigenvalue weighted by Gasteiger charge is 2.43. The first kappa shape index (κ1) is 24.5. The summed E-state index contributed by atoms with van der Waals surface area (Å²) in [6.45, 7) is 0.0188. The van der Waals surface area contributed by atoms with Crippen LogP contribution in [-0.4, -0.2) is 44.8 Å². The van der Waals surface area contributed by atoms with E-state index in [1.807, 2.05) is 12.1 Å². The largest absolute Gasteiger partial charge is 0.573 e. The van der Waals surface area contributed by atoms with Crippen LogP contribution >= 0.6 is 0 Å². The van der Waals surface area contributed by atoms with E-state index in [-0.39, 0.29) is 24.5 Å². The number of alkyl halides is 3. The van der Waals surface area contributed by atoms with Crippen LogP contribution in [0.15, 0.2) is 73.2 Å². The molecule has 9 nitrogen and oxygen atoms in total. The minimum absolute atomic E-state index is 0.196. The van der Waals surface area contributed by atoms with Gasteiger partial charge in [0.2, 0.25) is 0 Å². The maximum atomic E-state index is 13.3. The molecule has 4 aromatic rings. The van der Waals surface area contributed by atoms with Crippen LogP contribution in [0.25, 0.3) is 5.65 Å². The lowest BCUT2D eigenvalue weighted by Crippen LogP contribution is -2.50. The summed E-state index contributed by atoms with van der Waals surface area (Å²) in [6, 6.07) is 14.2. The second-order valence-corrected chi connectivity index (χ2v) is 7.58. The highest BCUT2D eigenvalue weighted by atomic mass is 19.4. The quantitative estimate of drug-likeness (QED) is 0.410. The van der Waals surface area contributed by atoms with Gasteiger partial charge in [0.15, 0.2) is 0 Å². The molecule has 5 rings (SSSR count). The summed E-state index contributed by atoms with van der Waals surface area (Å²) >= 11 is 0. The molecule has 2 N–H and O–H groups in total. The highest BCUT2D eigenvalue weighted by Crippen LogP contribution is 2.41. The molecular weight excluding hydrogens is 481 g/mol. The number of pyridine rings is 2. The number of carboxylic acid groups (broad SMARTS) is 1. The molecule has 0 aliphatic carbocycles. The van der Waals surface area contributed by atoms with Gasteiger partial charge in [0.1, 0.15) is 34.1 Å². The first-order chi connectivity index (χ1) is 17.3. The van der Waals surface area contributed by atoms with E-state index in [0.29, 0.717) is 29.1 Å². The fraction of sp³-hybridized carbons (Fsp3) is 0.167. The van der Waals surface area contributed by atoms with E-state index in [1.54, 1.807) is 41.2 Å². The fourth-order valence-electron chi connectivity index (χ4n) is 3.98. The number of carbonyl (C=O) groups excluding carboxylic acids is 1. The predicted molar refractivity (Wildman–Crippen MR) is 120 cm³/mol. The summed E-state index contributed by atoms with van der Waals surface area (Å²) in [4.78, 5) is 30.5. The molecule has 3 aromatic heterocycles. The van der Waals surface area contributed by atoms with Gasteiger partial charge < -0.3 is 24.3 Å². The lowest BCUT2D eigenvalue weighted by molar-refractivity contribution is -0.274. The molecule has 1 aliphatic rings. The number of imidazole rings is 1. The monoisotopic (exact) mass is 500 g/mol. The molecule has 36 heavy (non-hydrogen) atoms. The summed E-state index contributed by atoms with van der Waals surface area (Å²) in [5.74, 6) is -0.330. The van der Waals surface area contributed by atoms with Crippen LogP contribution in [0.3, 0.4) is 0 Å². The molecule has 0 saturated carbocycles. The number of ether oxygens (including phenoxy) is 2. The van der Waals surface area contributed by atoms with E-state index in [1.165, 1.54) is 24.3 Å². The third-order valence-corrected chi connectivity index (χ3v) is 5.41. The van der Waals surface area contributed by atoms with E-state index in [4.69, 9.17) is 14.6 Å². The van der Waals surface area contributed by atoms with Crippen LogP contribution in [0.2, 0.25) is 0 Å². The number of fused-ring (bicyclic) bond motifs is 2. The van der Waals surface area contributed by atoms with Crippen molar-refractivity contribution in [1.82, 2.24) is 19.7 Å². The molecule has 12 heteroatoms. The Labute approximate surface area is 202 Å². The first-order valence-electron chi connectivity index (χ1n) is 10.5. The average Bonchev–Trinajstić information content (AvgIpc) is 3.29. The van der Waals surface area contributed by atoms with Crippen LogP contribution in [0, 0.1) is 0 Å². The smallest absolute Gasteiger partial charge is 0.491 e. The van der Waals surface area contributed by atoms with Crippen molar-refractivity contribution in [3.05, 3.63) is 90.1 Å². The standard InChI is InChI=1S/C23H17F3N4O3.CH2O2/c24-23(25,26)33-16-8-6-15(7-9-16)22(10-13-32-18-4-3-11-27-20(18)22)29-21(31)17-14-30-12-2-1-5-19(30)28-17;2-1-3/h1-9,11-12,14H,10,13H2,(H,29,31);1H,(H,2,3). The SMILES string of the molecule is O=C(NC1(c2ccc(OC(F)(F)F)cc2)CCOc2cccnc21)c1cn2ccccc2n1.O=CO. The summed E-state index contributed by atoms with van der Waals surface area (Å²) in [6.07, 6.45) is 0.469. The van der Waals surface area contributed by atoms with E-state index in [2.05, 4.69) is 20.0 Å². The molecule has 186 valence electrons. The molecule has 0 saturated heterocycles. The number of nitrogens with one attached hydrogen (secondary N) is 1. The van der Waals surface area contributed by atoms with Crippen LogP contribution in [0.4, 0.5) is 13.2 Å². The number of halogens is 3. The molecule has 4 heterocycles. The Balaban J connectivity index is 0.000000967. The fourth-order valence-corrected chi connectivity index (χ4v) is 3.98. The Morgan fingerprint density at radius 2 is 1.92 bits per heavy atom. The highest BCUT2D eigenvalue weighted by molar-refractivity contribution is 5.94. The van der Waals surface area contributed by atoms with Gasteiger partial charge in [-0.05, 0) is 42.0 Å². The Bertz CT molecular complexity index is 1340. The first-order valence-corrected chi connectivity index (χ1v) is 10.5.